The normalized spacial score (nSPS) is 11.4. The van der Waals surface area contributed by atoms with Crippen molar-refractivity contribution in [1.29, 1.82) is 0 Å². The van der Waals surface area contributed by atoms with E-state index in [0.29, 0.717) is 21.8 Å². The Bertz CT molecular complexity index is 794. The molecule has 2 aromatic rings. The van der Waals surface area contributed by atoms with Crippen LogP contribution in [0.15, 0.2) is 29.2 Å². The molecule has 0 atom stereocenters. The first kappa shape index (κ1) is 19.2. The van der Waals surface area contributed by atoms with Gasteiger partial charge in [-0.05, 0) is 50.5 Å². The number of sulfonamides is 1. The Morgan fingerprint density at radius 2 is 1.56 bits per heavy atom. The van der Waals surface area contributed by atoms with Crippen LogP contribution in [0.2, 0.25) is 0 Å². The molecule has 136 valence electrons. The Morgan fingerprint density at radius 3 is 2.12 bits per heavy atom. The molecule has 0 aliphatic rings. The number of rotatable bonds is 8. The summed E-state index contributed by atoms with van der Waals surface area (Å²) in [6.07, 6.45) is 3.39. The van der Waals surface area contributed by atoms with Crippen molar-refractivity contribution in [3.05, 3.63) is 41.0 Å². The fraction of sp³-hybridized carbons (Fsp3) is 0.444. The molecule has 1 aromatic carbocycles. The van der Waals surface area contributed by atoms with Crippen LogP contribution in [0.4, 0.5) is 11.6 Å². The van der Waals surface area contributed by atoms with Crippen LogP contribution in [0.1, 0.15) is 42.9 Å². The second-order valence-electron chi connectivity index (χ2n) is 6.27. The van der Waals surface area contributed by atoms with E-state index in [-0.39, 0.29) is 5.82 Å². The van der Waals surface area contributed by atoms with E-state index in [1.54, 1.807) is 26.0 Å². The molecule has 7 heteroatoms. The van der Waals surface area contributed by atoms with Gasteiger partial charge in [-0.1, -0.05) is 37.5 Å². The molecule has 2 N–H and O–H groups in total. The largest absolute Gasteiger partial charge is 0.369 e. The summed E-state index contributed by atoms with van der Waals surface area (Å²) in [6, 6.07) is 7.06. The summed E-state index contributed by atoms with van der Waals surface area (Å²) in [7, 11) is -3.70. The maximum absolute atomic E-state index is 12.7. The second kappa shape index (κ2) is 8.29. The summed E-state index contributed by atoms with van der Waals surface area (Å²) in [5, 5.41) is 11.2. The molecule has 0 aliphatic carbocycles. The van der Waals surface area contributed by atoms with Gasteiger partial charge < -0.3 is 5.32 Å². The molecule has 0 spiro atoms. The average molecular weight is 362 g/mol. The van der Waals surface area contributed by atoms with Gasteiger partial charge in [0.1, 0.15) is 5.82 Å². The van der Waals surface area contributed by atoms with Crippen molar-refractivity contribution in [1.82, 2.24) is 10.2 Å². The highest BCUT2D eigenvalue weighted by Gasteiger charge is 2.20. The Balaban J connectivity index is 2.11. The molecule has 1 heterocycles. The van der Waals surface area contributed by atoms with E-state index in [1.165, 1.54) is 0 Å². The van der Waals surface area contributed by atoms with Crippen LogP contribution in [-0.2, 0) is 10.0 Å². The van der Waals surface area contributed by atoms with Gasteiger partial charge in [0.2, 0.25) is 0 Å². The number of benzene rings is 1. The van der Waals surface area contributed by atoms with Gasteiger partial charge in [-0.15, -0.1) is 10.2 Å². The third-order valence-electron chi connectivity index (χ3n) is 3.86. The monoisotopic (exact) mass is 362 g/mol. The molecule has 0 amide bonds. The predicted octanol–water partition coefficient (Wildman–Crippen LogP) is 3.80. The van der Waals surface area contributed by atoms with Crippen LogP contribution in [-0.4, -0.2) is 25.2 Å². The van der Waals surface area contributed by atoms with E-state index >= 15 is 0 Å². The zero-order valence-electron chi connectivity index (χ0n) is 15.3. The number of nitrogens with one attached hydrogen (secondary N) is 2. The van der Waals surface area contributed by atoms with E-state index in [4.69, 9.17) is 0 Å². The van der Waals surface area contributed by atoms with Crippen LogP contribution >= 0.6 is 0 Å². The van der Waals surface area contributed by atoms with Gasteiger partial charge in [0.05, 0.1) is 4.90 Å². The Hall–Kier alpha value is -2.15. The van der Waals surface area contributed by atoms with Crippen LogP contribution < -0.4 is 10.0 Å². The van der Waals surface area contributed by atoms with Crippen molar-refractivity contribution >= 4 is 21.7 Å². The van der Waals surface area contributed by atoms with E-state index in [1.807, 2.05) is 19.1 Å². The number of hydrogen-bond acceptors (Lipinski definition) is 5. The third-order valence-corrected chi connectivity index (χ3v) is 5.52. The van der Waals surface area contributed by atoms with Crippen LogP contribution in [0.5, 0.6) is 0 Å². The lowest BCUT2D eigenvalue weighted by Crippen LogP contribution is -2.17. The molecule has 0 unspecified atom stereocenters. The zero-order valence-corrected chi connectivity index (χ0v) is 16.1. The van der Waals surface area contributed by atoms with Crippen LogP contribution in [0.25, 0.3) is 0 Å². The molecule has 0 aliphatic heterocycles. The first-order valence-electron chi connectivity index (χ1n) is 8.51. The van der Waals surface area contributed by atoms with Gasteiger partial charge >= 0.3 is 0 Å². The fourth-order valence-electron chi connectivity index (χ4n) is 2.85. The molecule has 0 saturated carbocycles. The van der Waals surface area contributed by atoms with Crippen molar-refractivity contribution in [3.8, 4) is 0 Å². The Kier molecular flexibility index (Phi) is 6.36. The first-order chi connectivity index (χ1) is 11.8. The van der Waals surface area contributed by atoms with Gasteiger partial charge in [0, 0.05) is 6.54 Å². The van der Waals surface area contributed by atoms with Crippen molar-refractivity contribution < 1.29 is 8.42 Å². The minimum Gasteiger partial charge on any atom is -0.369 e. The van der Waals surface area contributed by atoms with E-state index < -0.39 is 10.0 Å². The standard InChI is InChI=1S/C18H26N4O2S/c1-5-6-7-10-19-16-8-9-17(21-20-16)22-25(23,24)18-14(3)11-13(2)12-15(18)4/h8-9,11-12H,5-7,10H2,1-4H3,(H,19,20)(H,21,22). The molecule has 6 nitrogen and oxygen atoms in total. The molecular formula is C18H26N4O2S. The molecule has 0 radical (unpaired) electrons. The van der Waals surface area contributed by atoms with E-state index in [0.717, 1.165) is 31.4 Å². The Labute approximate surface area is 150 Å². The van der Waals surface area contributed by atoms with Crippen molar-refractivity contribution in [3.63, 3.8) is 0 Å². The highest BCUT2D eigenvalue weighted by molar-refractivity contribution is 7.92. The van der Waals surface area contributed by atoms with Crippen molar-refractivity contribution in [2.45, 2.75) is 51.9 Å². The van der Waals surface area contributed by atoms with Gasteiger partial charge in [-0.3, -0.25) is 4.72 Å². The van der Waals surface area contributed by atoms with Gasteiger partial charge in [-0.25, -0.2) is 8.42 Å². The minimum atomic E-state index is -3.70. The first-order valence-corrected chi connectivity index (χ1v) is 10.00. The highest BCUT2D eigenvalue weighted by Crippen LogP contribution is 2.23. The highest BCUT2D eigenvalue weighted by atomic mass is 32.2. The van der Waals surface area contributed by atoms with Gasteiger partial charge in [-0.2, -0.15) is 0 Å². The SMILES string of the molecule is CCCCCNc1ccc(NS(=O)(=O)c2c(C)cc(C)cc2C)nn1. The lowest BCUT2D eigenvalue weighted by molar-refractivity contribution is 0.599. The summed E-state index contributed by atoms with van der Waals surface area (Å²) in [5.41, 5.74) is 2.46. The number of anilines is 2. The molecule has 1 aromatic heterocycles. The number of aromatic nitrogens is 2. The summed E-state index contributed by atoms with van der Waals surface area (Å²) >= 11 is 0. The van der Waals surface area contributed by atoms with Gasteiger partial charge in [0.25, 0.3) is 10.0 Å². The number of hydrogen-bond donors (Lipinski definition) is 2. The average Bonchev–Trinajstić information content (AvgIpc) is 2.51. The van der Waals surface area contributed by atoms with Crippen LogP contribution in [0.3, 0.4) is 0 Å². The summed E-state index contributed by atoms with van der Waals surface area (Å²) in [6.45, 7) is 8.52. The summed E-state index contributed by atoms with van der Waals surface area (Å²) in [5.74, 6) is 0.847. The molecule has 25 heavy (non-hydrogen) atoms. The van der Waals surface area contributed by atoms with Crippen LogP contribution in [0, 0.1) is 20.8 Å². The van der Waals surface area contributed by atoms with Gasteiger partial charge in [0.15, 0.2) is 5.82 Å². The number of aryl methyl sites for hydroxylation is 3. The molecule has 2 rings (SSSR count). The topological polar surface area (TPSA) is 84.0 Å². The van der Waals surface area contributed by atoms with E-state index in [2.05, 4.69) is 27.2 Å². The number of nitrogens with zero attached hydrogens (tertiary/aromatic N) is 2. The third kappa shape index (κ3) is 5.16. The molecular weight excluding hydrogens is 336 g/mol. The maximum Gasteiger partial charge on any atom is 0.263 e. The van der Waals surface area contributed by atoms with Crippen molar-refractivity contribution in [2.75, 3.05) is 16.6 Å². The predicted molar refractivity (Wildman–Crippen MR) is 102 cm³/mol. The quantitative estimate of drug-likeness (QED) is 0.698. The summed E-state index contributed by atoms with van der Waals surface area (Å²) in [4.78, 5) is 0.293. The molecule has 0 saturated heterocycles. The molecule has 0 fully saturated rings. The smallest absolute Gasteiger partial charge is 0.263 e. The minimum absolute atomic E-state index is 0.207. The molecule has 0 bridgehead atoms. The van der Waals surface area contributed by atoms with Crippen molar-refractivity contribution in [2.24, 2.45) is 0 Å². The summed E-state index contributed by atoms with van der Waals surface area (Å²) < 4.78 is 27.9. The lowest BCUT2D eigenvalue weighted by Gasteiger charge is -2.13. The lowest BCUT2D eigenvalue weighted by atomic mass is 10.1. The number of unbranched alkanes of at least 4 members (excludes halogenated alkanes) is 2. The maximum atomic E-state index is 12.7. The van der Waals surface area contributed by atoms with E-state index in [9.17, 15) is 8.42 Å². The Morgan fingerprint density at radius 1 is 0.960 bits per heavy atom. The zero-order chi connectivity index (χ0) is 18.4. The second-order valence-corrected chi connectivity index (χ2v) is 7.89. The fourth-order valence-corrected chi connectivity index (χ4v) is 4.30.